The minimum atomic E-state index is 0.0375. The van der Waals surface area contributed by atoms with Crippen LogP contribution in [0.3, 0.4) is 0 Å². The molecule has 2 aromatic rings. The van der Waals surface area contributed by atoms with Gasteiger partial charge in [-0.1, -0.05) is 45.4 Å². The van der Waals surface area contributed by atoms with Crippen LogP contribution in [0.1, 0.15) is 24.1 Å². The highest BCUT2D eigenvalue weighted by molar-refractivity contribution is 9.10. The van der Waals surface area contributed by atoms with E-state index in [-0.39, 0.29) is 6.04 Å². The van der Waals surface area contributed by atoms with Crippen molar-refractivity contribution in [1.82, 2.24) is 0 Å². The van der Waals surface area contributed by atoms with E-state index in [2.05, 4.69) is 65.3 Å². The molecule has 0 aliphatic heterocycles. The summed E-state index contributed by atoms with van der Waals surface area (Å²) in [6.45, 7) is 4.11. The highest BCUT2D eigenvalue weighted by Crippen LogP contribution is 2.34. The summed E-state index contributed by atoms with van der Waals surface area (Å²) in [6, 6.07) is 14.9. The first-order valence-electron chi connectivity index (χ1n) is 5.86. The van der Waals surface area contributed by atoms with Crippen molar-refractivity contribution in [2.45, 2.75) is 29.7 Å². The summed E-state index contributed by atoms with van der Waals surface area (Å²) < 4.78 is 1.07. The molecule has 0 bridgehead atoms. The number of halogens is 1. The van der Waals surface area contributed by atoms with Gasteiger partial charge in [0, 0.05) is 20.3 Å². The van der Waals surface area contributed by atoms with Gasteiger partial charge >= 0.3 is 0 Å². The van der Waals surface area contributed by atoms with Crippen molar-refractivity contribution in [2.24, 2.45) is 5.73 Å². The fourth-order valence-corrected chi connectivity index (χ4v) is 3.11. The van der Waals surface area contributed by atoms with Crippen LogP contribution in [0.25, 0.3) is 0 Å². The predicted octanol–water partition coefficient (Wildman–Crippen LogP) is 4.93. The Labute approximate surface area is 121 Å². The van der Waals surface area contributed by atoms with Crippen molar-refractivity contribution in [3.05, 3.63) is 58.1 Å². The summed E-state index contributed by atoms with van der Waals surface area (Å²) in [5, 5.41) is 0. The van der Waals surface area contributed by atoms with Crippen LogP contribution in [-0.2, 0) is 0 Å². The van der Waals surface area contributed by atoms with E-state index >= 15 is 0 Å². The standard InChI is InChI=1S/C15H16BrNS/c1-10-3-6-13(7-4-10)18-15-8-5-12(16)9-14(15)11(2)17/h3-9,11H,17H2,1-2H3. The van der Waals surface area contributed by atoms with Crippen LogP contribution in [0, 0.1) is 6.92 Å². The zero-order valence-electron chi connectivity index (χ0n) is 10.5. The van der Waals surface area contributed by atoms with Crippen LogP contribution in [-0.4, -0.2) is 0 Å². The van der Waals surface area contributed by atoms with Crippen molar-refractivity contribution in [1.29, 1.82) is 0 Å². The van der Waals surface area contributed by atoms with E-state index in [9.17, 15) is 0 Å². The maximum atomic E-state index is 6.03. The molecule has 0 spiro atoms. The van der Waals surface area contributed by atoms with E-state index in [1.54, 1.807) is 11.8 Å². The van der Waals surface area contributed by atoms with E-state index < -0.39 is 0 Å². The predicted molar refractivity (Wildman–Crippen MR) is 82.0 cm³/mol. The molecule has 0 radical (unpaired) electrons. The second-order valence-electron chi connectivity index (χ2n) is 4.39. The monoisotopic (exact) mass is 321 g/mol. The van der Waals surface area contributed by atoms with Gasteiger partial charge in [0.15, 0.2) is 0 Å². The number of aryl methyl sites for hydroxylation is 1. The maximum absolute atomic E-state index is 6.03. The lowest BCUT2D eigenvalue weighted by molar-refractivity contribution is 0.796. The topological polar surface area (TPSA) is 26.0 Å². The first-order valence-corrected chi connectivity index (χ1v) is 7.47. The lowest BCUT2D eigenvalue weighted by Crippen LogP contribution is -2.06. The van der Waals surface area contributed by atoms with Crippen molar-refractivity contribution < 1.29 is 0 Å². The molecule has 2 N–H and O–H groups in total. The minimum Gasteiger partial charge on any atom is -0.324 e. The molecule has 1 atom stereocenters. The zero-order valence-corrected chi connectivity index (χ0v) is 12.9. The van der Waals surface area contributed by atoms with Crippen molar-refractivity contribution in [3.8, 4) is 0 Å². The first-order chi connectivity index (χ1) is 8.56. The Morgan fingerprint density at radius 1 is 1.11 bits per heavy atom. The van der Waals surface area contributed by atoms with Crippen LogP contribution >= 0.6 is 27.7 Å². The van der Waals surface area contributed by atoms with E-state index in [1.807, 2.05) is 6.92 Å². The van der Waals surface area contributed by atoms with Gasteiger partial charge < -0.3 is 5.73 Å². The Balaban J connectivity index is 2.31. The molecule has 0 fully saturated rings. The molecule has 18 heavy (non-hydrogen) atoms. The third kappa shape index (κ3) is 3.37. The number of hydrogen-bond acceptors (Lipinski definition) is 2. The summed E-state index contributed by atoms with van der Waals surface area (Å²) in [5.41, 5.74) is 8.48. The van der Waals surface area contributed by atoms with E-state index in [4.69, 9.17) is 5.73 Å². The number of nitrogens with two attached hydrogens (primary N) is 1. The molecule has 2 rings (SSSR count). The molecule has 0 aromatic heterocycles. The average Bonchev–Trinajstić information content (AvgIpc) is 2.34. The molecule has 94 valence electrons. The summed E-state index contributed by atoms with van der Waals surface area (Å²) >= 11 is 5.25. The quantitative estimate of drug-likeness (QED) is 0.867. The highest BCUT2D eigenvalue weighted by atomic mass is 79.9. The van der Waals surface area contributed by atoms with Crippen molar-refractivity contribution >= 4 is 27.7 Å². The molecule has 0 aliphatic rings. The fraction of sp³-hybridized carbons (Fsp3) is 0.200. The number of hydrogen-bond donors (Lipinski definition) is 1. The molecule has 0 heterocycles. The third-order valence-corrected chi connectivity index (χ3v) is 4.30. The van der Waals surface area contributed by atoms with Gasteiger partial charge in [0.05, 0.1) is 0 Å². The van der Waals surface area contributed by atoms with Crippen molar-refractivity contribution in [3.63, 3.8) is 0 Å². The summed E-state index contributed by atoms with van der Waals surface area (Å²) in [5.74, 6) is 0. The van der Waals surface area contributed by atoms with Gasteiger partial charge in [0.2, 0.25) is 0 Å². The van der Waals surface area contributed by atoms with Crippen LogP contribution in [0.2, 0.25) is 0 Å². The van der Waals surface area contributed by atoms with Gasteiger partial charge in [0.25, 0.3) is 0 Å². The Bertz CT molecular complexity index is 535. The lowest BCUT2D eigenvalue weighted by atomic mass is 10.1. The third-order valence-electron chi connectivity index (χ3n) is 2.71. The van der Waals surface area contributed by atoms with Gasteiger partial charge in [-0.3, -0.25) is 0 Å². The maximum Gasteiger partial charge on any atom is 0.0277 e. The minimum absolute atomic E-state index is 0.0375. The molecule has 0 aliphatic carbocycles. The normalized spacial score (nSPS) is 12.4. The summed E-state index contributed by atoms with van der Waals surface area (Å²) in [4.78, 5) is 2.46. The molecule has 1 unspecified atom stereocenters. The second-order valence-corrected chi connectivity index (χ2v) is 6.42. The van der Waals surface area contributed by atoms with Crippen LogP contribution in [0.4, 0.5) is 0 Å². The fourth-order valence-electron chi connectivity index (χ4n) is 1.70. The highest BCUT2D eigenvalue weighted by Gasteiger charge is 2.09. The Kier molecular flexibility index (Phi) is 4.49. The van der Waals surface area contributed by atoms with Gasteiger partial charge in [-0.05, 0) is 49.7 Å². The summed E-state index contributed by atoms with van der Waals surface area (Å²) in [6.07, 6.45) is 0. The molecule has 0 saturated heterocycles. The first kappa shape index (κ1) is 13.7. The van der Waals surface area contributed by atoms with Crippen LogP contribution in [0.5, 0.6) is 0 Å². The van der Waals surface area contributed by atoms with Crippen LogP contribution in [0.15, 0.2) is 56.7 Å². The Hall–Kier alpha value is -0.770. The average molecular weight is 322 g/mol. The van der Waals surface area contributed by atoms with Gasteiger partial charge in [0.1, 0.15) is 0 Å². The van der Waals surface area contributed by atoms with Gasteiger partial charge in [-0.2, -0.15) is 0 Å². The molecule has 0 amide bonds. The second kappa shape index (κ2) is 5.91. The van der Waals surface area contributed by atoms with E-state index in [0.29, 0.717) is 0 Å². The lowest BCUT2D eigenvalue weighted by Gasteiger charge is -2.13. The van der Waals surface area contributed by atoms with Gasteiger partial charge in [-0.15, -0.1) is 0 Å². The zero-order chi connectivity index (χ0) is 13.1. The Morgan fingerprint density at radius 3 is 2.39 bits per heavy atom. The number of rotatable bonds is 3. The van der Waals surface area contributed by atoms with Crippen molar-refractivity contribution in [2.75, 3.05) is 0 Å². The van der Waals surface area contributed by atoms with E-state index in [0.717, 1.165) is 4.47 Å². The molecular formula is C15H16BrNS. The van der Waals surface area contributed by atoms with Crippen LogP contribution < -0.4 is 5.73 Å². The van der Waals surface area contributed by atoms with E-state index in [1.165, 1.54) is 20.9 Å². The SMILES string of the molecule is Cc1ccc(Sc2ccc(Br)cc2C(C)N)cc1. The number of benzene rings is 2. The summed E-state index contributed by atoms with van der Waals surface area (Å²) in [7, 11) is 0. The van der Waals surface area contributed by atoms with Gasteiger partial charge in [-0.25, -0.2) is 0 Å². The molecule has 0 saturated carbocycles. The molecule has 2 aromatic carbocycles. The smallest absolute Gasteiger partial charge is 0.0277 e. The largest absolute Gasteiger partial charge is 0.324 e. The molecule has 1 nitrogen and oxygen atoms in total. The molecule has 3 heteroatoms. The Morgan fingerprint density at radius 2 is 1.78 bits per heavy atom. The molecular weight excluding hydrogens is 306 g/mol.